The number of amides is 3. The van der Waals surface area contributed by atoms with Crippen LogP contribution in [0.5, 0.6) is 0 Å². The number of fused-ring (bicyclic) bond motifs is 1. The van der Waals surface area contributed by atoms with E-state index in [0.717, 1.165) is 16.6 Å². The number of hydrogen-bond acceptors (Lipinski definition) is 2. The molecule has 122 valence electrons. The summed E-state index contributed by atoms with van der Waals surface area (Å²) < 4.78 is 1.96. The molecule has 24 heavy (non-hydrogen) atoms. The van der Waals surface area contributed by atoms with Gasteiger partial charge in [0.2, 0.25) is 0 Å². The molecule has 3 amide bonds. The van der Waals surface area contributed by atoms with Gasteiger partial charge in [-0.3, -0.25) is 4.79 Å². The highest BCUT2D eigenvalue weighted by atomic mass is 16.2. The molecule has 0 bridgehead atoms. The third-order valence-electron chi connectivity index (χ3n) is 3.78. The minimum absolute atomic E-state index is 0.165. The lowest BCUT2D eigenvalue weighted by atomic mass is 10.2. The van der Waals surface area contributed by atoms with Crippen molar-refractivity contribution in [1.29, 1.82) is 0 Å². The number of nitrogens with one attached hydrogen (secondary N) is 3. The van der Waals surface area contributed by atoms with Crippen molar-refractivity contribution < 1.29 is 9.59 Å². The SMILES string of the molecule is CNC(=O)c1ccc(NC(=O)Nc2cccc3ccn(C)c23)cc1. The molecule has 0 saturated heterocycles. The van der Waals surface area contributed by atoms with Crippen LogP contribution in [0.3, 0.4) is 0 Å². The predicted molar refractivity (Wildman–Crippen MR) is 95.4 cm³/mol. The zero-order valence-corrected chi connectivity index (χ0v) is 13.5. The summed E-state index contributed by atoms with van der Waals surface area (Å²) in [6, 6.07) is 14.1. The van der Waals surface area contributed by atoms with Gasteiger partial charge in [-0.25, -0.2) is 4.79 Å². The van der Waals surface area contributed by atoms with E-state index >= 15 is 0 Å². The van der Waals surface area contributed by atoms with E-state index < -0.39 is 0 Å². The fourth-order valence-corrected chi connectivity index (χ4v) is 2.59. The number of nitrogens with zero attached hydrogens (tertiary/aromatic N) is 1. The quantitative estimate of drug-likeness (QED) is 0.693. The molecule has 6 nitrogen and oxygen atoms in total. The Labute approximate surface area is 139 Å². The molecule has 0 saturated carbocycles. The predicted octanol–water partition coefficient (Wildman–Crippen LogP) is 3.18. The normalized spacial score (nSPS) is 10.4. The van der Waals surface area contributed by atoms with E-state index in [1.807, 2.05) is 42.1 Å². The summed E-state index contributed by atoms with van der Waals surface area (Å²) in [6.07, 6.45) is 1.95. The molecule has 2 aromatic carbocycles. The Morgan fingerprint density at radius 2 is 1.71 bits per heavy atom. The van der Waals surface area contributed by atoms with Crippen LogP contribution in [0.25, 0.3) is 10.9 Å². The maximum atomic E-state index is 12.2. The standard InChI is InChI=1S/C18H18N4O2/c1-19-17(23)13-6-8-14(9-7-13)20-18(24)21-15-5-3-4-12-10-11-22(2)16(12)15/h3-11H,1-2H3,(H,19,23)(H2,20,21,24). The molecule has 6 heteroatoms. The lowest BCUT2D eigenvalue weighted by Gasteiger charge is -2.10. The van der Waals surface area contributed by atoms with Crippen molar-refractivity contribution in [2.75, 3.05) is 17.7 Å². The highest BCUT2D eigenvalue weighted by molar-refractivity contribution is 6.05. The summed E-state index contributed by atoms with van der Waals surface area (Å²) in [5.41, 5.74) is 2.85. The number of anilines is 2. The molecular formula is C18H18N4O2. The Hall–Kier alpha value is -3.28. The molecule has 0 aliphatic heterocycles. The van der Waals surface area contributed by atoms with Gasteiger partial charge in [0, 0.05) is 36.9 Å². The van der Waals surface area contributed by atoms with Crippen molar-refractivity contribution in [1.82, 2.24) is 9.88 Å². The van der Waals surface area contributed by atoms with E-state index in [9.17, 15) is 9.59 Å². The van der Waals surface area contributed by atoms with Gasteiger partial charge in [-0.1, -0.05) is 12.1 Å². The third-order valence-corrected chi connectivity index (χ3v) is 3.78. The van der Waals surface area contributed by atoms with Crippen LogP contribution >= 0.6 is 0 Å². The summed E-state index contributed by atoms with van der Waals surface area (Å²) >= 11 is 0. The van der Waals surface area contributed by atoms with Crippen LogP contribution in [0.1, 0.15) is 10.4 Å². The number of para-hydroxylation sites is 1. The van der Waals surface area contributed by atoms with E-state index in [1.165, 1.54) is 0 Å². The molecule has 0 unspecified atom stereocenters. The van der Waals surface area contributed by atoms with Gasteiger partial charge < -0.3 is 20.5 Å². The van der Waals surface area contributed by atoms with Crippen LogP contribution < -0.4 is 16.0 Å². The van der Waals surface area contributed by atoms with Gasteiger partial charge >= 0.3 is 6.03 Å². The second-order valence-corrected chi connectivity index (χ2v) is 5.41. The first kappa shape index (κ1) is 15.6. The summed E-state index contributed by atoms with van der Waals surface area (Å²) in [5, 5.41) is 9.23. The fourth-order valence-electron chi connectivity index (χ4n) is 2.59. The van der Waals surface area contributed by atoms with Crippen LogP contribution in [-0.2, 0) is 7.05 Å². The number of urea groups is 1. The lowest BCUT2D eigenvalue weighted by molar-refractivity contribution is 0.0963. The number of aryl methyl sites for hydroxylation is 1. The summed E-state index contributed by atoms with van der Waals surface area (Å²) in [7, 11) is 3.51. The van der Waals surface area contributed by atoms with Gasteiger partial charge in [-0.15, -0.1) is 0 Å². The molecule has 3 aromatic rings. The maximum absolute atomic E-state index is 12.2. The molecular weight excluding hydrogens is 304 g/mol. The van der Waals surface area contributed by atoms with Crippen molar-refractivity contribution in [2.45, 2.75) is 0 Å². The lowest BCUT2D eigenvalue weighted by Crippen LogP contribution is -2.20. The van der Waals surface area contributed by atoms with Gasteiger partial charge in [0.05, 0.1) is 11.2 Å². The van der Waals surface area contributed by atoms with E-state index in [-0.39, 0.29) is 11.9 Å². The Bertz CT molecular complexity index is 897. The van der Waals surface area contributed by atoms with Crippen molar-refractivity contribution in [2.24, 2.45) is 7.05 Å². The Balaban J connectivity index is 1.73. The number of carbonyl (C=O) groups excluding carboxylic acids is 2. The van der Waals surface area contributed by atoms with Crippen molar-refractivity contribution in [3.63, 3.8) is 0 Å². The van der Waals surface area contributed by atoms with Gasteiger partial charge in [0.25, 0.3) is 5.91 Å². The van der Waals surface area contributed by atoms with Crippen LogP contribution in [0.4, 0.5) is 16.2 Å². The molecule has 0 radical (unpaired) electrons. The number of rotatable bonds is 3. The van der Waals surface area contributed by atoms with Crippen molar-refractivity contribution >= 4 is 34.2 Å². The van der Waals surface area contributed by atoms with E-state index in [1.54, 1.807) is 31.3 Å². The van der Waals surface area contributed by atoms with Crippen LogP contribution in [0.15, 0.2) is 54.7 Å². The number of benzene rings is 2. The number of aromatic nitrogens is 1. The van der Waals surface area contributed by atoms with E-state index in [2.05, 4.69) is 16.0 Å². The molecule has 0 fully saturated rings. The maximum Gasteiger partial charge on any atom is 0.323 e. The third kappa shape index (κ3) is 3.08. The smallest absolute Gasteiger partial charge is 0.323 e. The highest BCUT2D eigenvalue weighted by Gasteiger charge is 2.09. The average molecular weight is 322 g/mol. The Morgan fingerprint density at radius 3 is 2.42 bits per heavy atom. The molecule has 0 aliphatic carbocycles. The highest BCUT2D eigenvalue weighted by Crippen LogP contribution is 2.24. The largest absolute Gasteiger partial charge is 0.355 e. The Kier molecular flexibility index (Phi) is 4.20. The van der Waals surface area contributed by atoms with E-state index in [0.29, 0.717) is 11.3 Å². The molecule has 0 atom stereocenters. The molecule has 1 aromatic heterocycles. The fraction of sp³-hybridized carbons (Fsp3) is 0.111. The molecule has 3 N–H and O–H groups in total. The van der Waals surface area contributed by atoms with Crippen LogP contribution in [0.2, 0.25) is 0 Å². The molecule has 0 aliphatic rings. The van der Waals surface area contributed by atoms with Crippen molar-refractivity contribution in [3.8, 4) is 0 Å². The van der Waals surface area contributed by atoms with E-state index in [4.69, 9.17) is 0 Å². The van der Waals surface area contributed by atoms with Crippen LogP contribution in [-0.4, -0.2) is 23.6 Å². The zero-order chi connectivity index (χ0) is 17.1. The topological polar surface area (TPSA) is 75.2 Å². The first-order valence-corrected chi connectivity index (χ1v) is 7.52. The van der Waals surface area contributed by atoms with Gasteiger partial charge in [0.15, 0.2) is 0 Å². The minimum atomic E-state index is -0.337. The van der Waals surface area contributed by atoms with Gasteiger partial charge in [0.1, 0.15) is 0 Å². The van der Waals surface area contributed by atoms with Gasteiger partial charge in [-0.2, -0.15) is 0 Å². The molecule has 3 rings (SSSR count). The second kappa shape index (κ2) is 6.45. The number of hydrogen-bond donors (Lipinski definition) is 3. The van der Waals surface area contributed by atoms with Crippen molar-refractivity contribution in [3.05, 3.63) is 60.3 Å². The van der Waals surface area contributed by atoms with Gasteiger partial charge in [-0.05, 0) is 36.4 Å². The summed E-state index contributed by atoms with van der Waals surface area (Å²) in [4.78, 5) is 23.7. The second-order valence-electron chi connectivity index (χ2n) is 5.41. The van der Waals surface area contributed by atoms with Crippen LogP contribution in [0, 0.1) is 0 Å². The first-order valence-electron chi connectivity index (χ1n) is 7.52. The Morgan fingerprint density at radius 1 is 0.958 bits per heavy atom. The summed E-state index contributed by atoms with van der Waals surface area (Å²) in [5.74, 6) is -0.165. The minimum Gasteiger partial charge on any atom is -0.355 e. The summed E-state index contributed by atoms with van der Waals surface area (Å²) in [6.45, 7) is 0. The number of carbonyl (C=O) groups is 2. The average Bonchev–Trinajstić information content (AvgIpc) is 2.97. The molecule has 0 spiro atoms. The first-order chi connectivity index (χ1) is 11.6. The molecule has 1 heterocycles. The monoisotopic (exact) mass is 322 g/mol. The zero-order valence-electron chi connectivity index (χ0n) is 13.5.